The number of carboxylic acid groups (broad SMARTS) is 1. The first-order valence-electron chi connectivity index (χ1n) is 5.85. The van der Waals surface area contributed by atoms with E-state index in [1.165, 1.54) is 0 Å². The fraction of sp³-hybridized carbons (Fsp3) is 0.818. The number of rotatable bonds is 5. The highest BCUT2D eigenvalue weighted by molar-refractivity contribution is 5.79. The van der Waals surface area contributed by atoms with Gasteiger partial charge in [0.15, 0.2) is 0 Å². The summed E-state index contributed by atoms with van der Waals surface area (Å²) >= 11 is 0. The number of amides is 1. The lowest BCUT2D eigenvalue weighted by Gasteiger charge is -2.29. The molecule has 17 heavy (non-hydrogen) atoms. The summed E-state index contributed by atoms with van der Waals surface area (Å²) in [7, 11) is 1.68. The predicted octanol–water partition coefficient (Wildman–Crippen LogP) is 0.369. The van der Waals surface area contributed by atoms with Crippen LogP contribution in [0.25, 0.3) is 0 Å². The average Bonchev–Trinajstić information content (AvgIpc) is 2.35. The number of hydrogen-bond acceptors (Lipinski definition) is 4. The van der Waals surface area contributed by atoms with E-state index < -0.39 is 5.97 Å². The zero-order valence-corrected chi connectivity index (χ0v) is 10.1. The van der Waals surface area contributed by atoms with Gasteiger partial charge in [-0.3, -0.25) is 14.6 Å². The van der Waals surface area contributed by atoms with E-state index in [0.717, 1.165) is 30.7 Å². The lowest BCUT2D eigenvalue weighted by molar-refractivity contribution is -0.140. The van der Waals surface area contributed by atoms with Gasteiger partial charge in [-0.15, -0.1) is 0 Å². The van der Waals surface area contributed by atoms with Crippen LogP contribution in [-0.2, 0) is 14.3 Å². The molecule has 0 aromatic carbocycles. The number of aliphatic carboxylic acids is 1. The number of nitrogens with zero attached hydrogens (tertiary/aromatic N) is 1. The lowest BCUT2D eigenvalue weighted by atomic mass is 9.86. The van der Waals surface area contributed by atoms with Crippen molar-refractivity contribution in [1.29, 1.82) is 0 Å². The van der Waals surface area contributed by atoms with Gasteiger partial charge in [0.2, 0.25) is 5.91 Å². The van der Waals surface area contributed by atoms with Gasteiger partial charge in [-0.1, -0.05) is 0 Å². The molecule has 1 amide bonds. The number of nitrogens with two attached hydrogens (primary N) is 1. The molecule has 0 radical (unpaired) electrons. The summed E-state index contributed by atoms with van der Waals surface area (Å²) in [5.74, 6) is 4.37. The largest absolute Gasteiger partial charge is 0.481 e. The highest BCUT2D eigenvalue weighted by Crippen LogP contribution is 2.26. The second kappa shape index (κ2) is 6.56. The Hall–Kier alpha value is -1.14. The number of hydrogen-bond donors (Lipinski definition) is 2. The Morgan fingerprint density at radius 1 is 1.35 bits per heavy atom. The predicted molar refractivity (Wildman–Crippen MR) is 60.9 cm³/mol. The van der Waals surface area contributed by atoms with Crippen LogP contribution < -0.4 is 5.84 Å². The molecule has 0 aromatic heterocycles. The third-order valence-corrected chi connectivity index (χ3v) is 3.21. The Morgan fingerprint density at radius 2 is 1.94 bits per heavy atom. The first-order valence-corrected chi connectivity index (χ1v) is 5.85. The summed E-state index contributed by atoms with van der Waals surface area (Å²) in [6.45, 7) is 0.0678. The van der Waals surface area contributed by atoms with Crippen molar-refractivity contribution in [1.82, 2.24) is 5.01 Å². The number of carbonyl (C=O) groups is 2. The second-order valence-electron chi connectivity index (χ2n) is 4.38. The molecule has 1 aliphatic carbocycles. The third kappa shape index (κ3) is 4.32. The van der Waals surface area contributed by atoms with Crippen LogP contribution in [0, 0.1) is 5.92 Å². The Balaban J connectivity index is 2.34. The van der Waals surface area contributed by atoms with Crippen molar-refractivity contribution in [2.75, 3.05) is 13.7 Å². The number of hydrazine groups is 1. The molecule has 1 rings (SSSR count). The third-order valence-electron chi connectivity index (χ3n) is 3.21. The molecule has 0 unspecified atom stereocenters. The molecule has 6 heteroatoms. The smallest absolute Gasteiger partial charge is 0.305 e. The molecule has 3 N–H and O–H groups in total. The second-order valence-corrected chi connectivity index (χ2v) is 4.38. The van der Waals surface area contributed by atoms with Crippen molar-refractivity contribution in [2.45, 2.75) is 38.2 Å². The summed E-state index contributed by atoms with van der Waals surface area (Å²) in [5, 5.41) is 9.54. The Morgan fingerprint density at radius 3 is 2.41 bits per heavy atom. The zero-order valence-electron chi connectivity index (χ0n) is 10.1. The standard InChI is InChI=1S/C11H20N2O4/c1-17-9-4-2-8(3-5-9)11(16)13(12)7-6-10(14)15/h8-9H,2-7,12H2,1H3,(H,14,15). The number of ether oxygens (including phenoxy) is 1. The van der Waals surface area contributed by atoms with E-state index >= 15 is 0 Å². The summed E-state index contributed by atoms with van der Waals surface area (Å²) < 4.78 is 5.22. The number of carbonyl (C=O) groups excluding carboxylic acids is 1. The van der Waals surface area contributed by atoms with E-state index in [4.69, 9.17) is 15.7 Å². The van der Waals surface area contributed by atoms with Crippen molar-refractivity contribution in [3.05, 3.63) is 0 Å². The van der Waals surface area contributed by atoms with Gasteiger partial charge >= 0.3 is 5.97 Å². The Bertz CT molecular complexity index is 275. The zero-order chi connectivity index (χ0) is 12.8. The number of methoxy groups -OCH3 is 1. The van der Waals surface area contributed by atoms with E-state index in [1.54, 1.807) is 7.11 Å². The van der Waals surface area contributed by atoms with E-state index in [-0.39, 0.29) is 30.9 Å². The summed E-state index contributed by atoms with van der Waals surface area (Å²) in [4.78, 5) is 22.2. The van der Waals surface area contributed by atoms with Crippen molar-refractivity contribution >= 4 is 11.9 Å². The summed E-state index contributed by atoms with van der Waals surface area (Å²) in [5.41, 5.74) is 0. The maximum Gasteiger partial charge on any atom is 0.305 e. The highest BCUT2D eigenvalue weighted by atomic mass is 16.5. The first kappa shape index (κ1) is 13.9. The van der Waals surface area contributed by atoms with E-state index in [2.05, 4.69) is 0 Å². The van der Waals surface area contributed by atoms with Crippen LogP contribution in [0.1, 0.15) is 32.1 Å². The van der Waals surface area contributed by atoms with E-state index in [1.807, 2.05) is 0 Å². The molecular weight excluding hydrogens is 224 g/mol. The molecule has 0 saturated heterocycles. The van der Waals surface area contributed by atoms with Crippen LogP contribution in [0.4, 0.5) is 0 Å². The molecule has 0 heterocycles. The van der Waals surface area contributed by atoms with Crippen LogP contribution >= 0.6 is 0 Å². The van der Waals surface area contributed by atoms with Gasteiger partial charge in [-0.2, -0.15) is 0 Å². The molecule has 98 valence electrons. The van der Waals surface area contributed by atoms with Crippen LogP contribution in [0.2, 0.25) is 0 Å². The first-order chi connectivity index (χ1) is 8.04. The van der Waals surface area contributed by atoms with Gasteiger partial charge in [-0.05, 0) is 25.7 Å². The molecule has 0 bridgehead atoms. The van der Waals surface area contributed by atoms with Crippen LogP contribution in [0.5, 0.6) is 0 Å². The molecule has 0 spiro atoms. The highest BCUT2D eigenvalue weighted by Gasteiger charge is 2.28. The van der Waals surface area contributed by atoms with Gasteiger partial charge < -0.3 is 9.84 Å². The minimum Gasteiger partial charge on any atom is -0.481 e. The van der Waals surface area contributed by atoms with Crippen molar-refractivity contribution in [2.24, 2.45) is 11.8 Å². The minimum absolute atomic E-state index is 0.0678. The summed E-state index contributed by atoms with van der Waals surface area (Å²) in [6, 6.07) is 0. The molecule has 6 nitrogen and oxygen atoms in total. The van der Waals surface area contributed by atoms with Crippen molar-refractivity contribution in [3.63, 3.8) is 0 Å². The minimum atomic E-state index is -0.948. The SMILES string of the molecule is COC1CCC(C(=O)N(N)CCC(=O)O)CC1. The monoisotopic (exact) mass is 244 g/mol. The normalized spacial score (nSPS) is 24.4. The Kier molecular flexibility index (Phi) is 5.37. The van der Waals surface area contributed by atoms with Crippen molar-refractivity contribution in [3.8, 4) is 0 Å². The fourth-order valence-electron chi connectivity index (χ4n) is 2.11. The topological polar surface area (TPSA) is 92.9 Å². The molecule has 1 saturated carbocycles. The quantitative estimate of drug-likeness (QED) is 0.414. The van der Waals surface area contributed by atoms with Crippen LogP contribution in [0.3, 0.4) is 0 Å². The van der Waals surface area contributed by atoms with Gasteiger partial charge in [-0.25, -0.2) is 5.84 Å². The maximum absolute atomic E-state index is 11.9. The van der Waals surface area contributed by atoms with Crippen LogP contribution in [-0.4, -0.2) is 41.8 Å². The molecule has 0 aromatic rings. The Labute approximate surface area is 101 Å². The van der Waals surface area contributed by atoms with E-state index in [9.17, 15) is 9.59 Å². The lowest BCUT2D eigenvalue weighted by Crippen LogP contribution is -2.44. The summed E-state index contributed by atoms with van der Waals surface area (Å²) in [6.07, 6.45) is 3.37. The molecule has 0 aliphatic heterocycles. The van der Waals surface area contributed by atoms with Gasteiger partial charge in [0.25, 0.3) is 0 Å². The van der Waals surface area contributed by atoms with Crippen LogP contribution in [0.15, 0.2) is 0 Å². The molecule has 1 fully saturated rings. The van der Waals surface area contributed by atoms with Gasteiger partial charge in [0.05, 0.1) is 12.5 Å². The molecule has 0 atom stereocenters. The van der Waals surface area contributed by atoms with Gasteiger partial charge in [0, 0.05) is 19.6 Å². The van der Waals surface area contributed by atoms with E-state index in [0.29, 0.717) is 0 Å². The van der Waals surface area contributed by atoms with Crippen molar-refractivity contribution < 1.29 is 19.4 Å². The molecule has 1 aliphatic rings. The average molecular weight is 244 g/mol. The molecular formula is C11H20N2O4. The van der Waals surface area contributed by atoms with Gasteiger partial charge in [0.1, 0.15) is 0 Å². The number of carboxylic acids is 1. The maximum atomic E-state index is 11.9. The fourth-order valence-corrected chi connectivity index (χ4v) is 2.11.